The Balaban J connectivity index is 0.000000191. The van der Waals surface area contributed by atoms with Crippen LogP contribution in [0.5, 0.6) is 0 Å². The number of Topliss-reactive ketones (excluding diaryl/α,β-unsaturated/α-hetero) is 2. The van der Waals surface area contributed by atoms with Crippen molar-refractivity contribution in [2.24, 2.45) is 11.5 Å². The van der Waals surface area contributed by atoms with Gasteiger partial charge in [-0.15, -0.1) is 0 Å². The molecule has 2 heterocycles. The summed E-state index contributed by atoms with van der Waals surface area (Å²) in [5, 5.41) is 0. The van der Waals surface area contributed by atoms with Crippen molar-refractivity contribution < 1.29 is 28.4 Å². The van der Waals surface area contributed by atoms with Gasteiger partial charge >= 0.3 is 18.9 Å². The van der Waals surface area contributed by atoms with Gasteiger partial charge in [0.25, 0.3) is 0 Å². The molecule has 0 fully saturated rings. The maximum absolute atomic E-state index is 12.0. The van der Waals surface area contributed by atoms with E-state index in [2.05, 4.69) is 153 Å². The molecule has 370 valence electrons. The first kappa shape index (κ1) is 57.7. The molecule has 0 unspecified atom stereocenters. The van der Waals surface area contributed by atoms with E-state index in [9.17, 15) is 9.59 Å². The molecule has 4 N–H and O–H groups in total. The van der Waals surface area contributed by atoms with Crippen LogP contribution in [0, 0.1) is 47.6 Å². The van der Waals surface area contributed by atoms with E-state index in [1.54, 1.807) is 36.7 Å². The van der Waals surface area contributed by atoms with Gasteiger partial charge in [0.15, 0.2) is 0 Å². The van der Waals surface area contributed by atoms with E-state index in [0.717, 1.165) is 67.4 Å². The third-order valence-corrected chi connectivity index (χ3v) is 11.4. The zero-order chi connectivity index (χ0) is 52.7. The van der Waals surface area contributed by atoms with Gasteiger partial charge in [-0.05, 0) is 41.5 Å². The van der Waals surface area contributed by atoms with E-state index >= 15 is 0 Å². The minimum Gasteiger partial charge on any atom is -0.329 e. The Kier molecular flexibility index (Phi) is 23.1. The Hall–Kier alpha value is -8.22. The van der Waals surface area contributed by atoms with Crippen molar-refractivity contribution in [2.45, 2.75) is 41.5 Å². The molecule has 10 rings (SSSR count). The minimum absolute atomic E-state index is 0. The Morgan fingerprint density at radius 2 is 0.680 bits per heavy atom. The molecular weight excluding hydrogens is 916 g/mol. The number of aryl methyl sites for hydroxylation is 6. The van der Waals surface area contributed by atoms with Crippen molar-refractivity contribution in [2.75, 3.05) is 13.1 Å². The molecule has 0 aliphatic heterocycles. The van der Waals surface area contributed by atoms with Gasteiger partial charge in [0.2, 0.25) is 11.6 Å². The van der Waals surface area contributed by atoms with E-state index in [1.165, 1.54) is 22.3 Å². The predicted octanol–water partition coefficient (Wildman–Crippen LogP) is 11.3. The van der Waals surface area contributed by atoms with Crippen LogP contribution in [-0.4, -0.2) is 44.6 Å². The van der Waals surface area contributed by atoms with Crippen molar-refractivity contribution in [1.29, 1.82) is 0 Å². The van der Waals surface area contributed by atoms with Gasteiger partial charge in [-0.25, -0.2) is 4.98 Å². The Labute approximate surface area is 455 Å². The molecule has 0 radical (unpaired) electrons. The van der Waals surface area contributed by atoms with Gasteiger partial charge < -0.3 is 11.5 Å². The topological polar surface area (TPSA) is 138 Å². The average Bonchev–Trinajstić information content (AvgIpc) is 3.45. The van der Waals surface area contributed by atoms with Crippen molar-refractivity contribution in [1.82, 2.24) is 19.9 Å². The molecule has 8 aromatic carbocycles. The average molecular weight is 979 g/mol. The summed E-state index contributed by atoms with van der Waals surface area (Å²) in [5.74, 6) is -0.919. The summed E-state index contributed by atoms with van der Waals surface area (Å²) in [7, 11) is 0. The number of nitrogens with zero attached hydrogens (tertiary/aromatic N) is 4. The van der Waals surface area contributed by atoms with Crippen LogP contribution in [-0.2, 0) is 0 Å². The SMILES string of the molecule is Cc1ccc(-c2ncc(-c3ccccc3)nc2-c2ccc(C)cc2)cc1.Cc1ccc(-c2nccnc2-c2ccc(C)cc2)cc1.Cc1ccc(C(=O)C(=O)c2ccc(C)cc2)cc1.NCCN.[Li+].[c-]1ccccc1. The number of nitrogens with two attached hydrogens (primary N) is 2. The number of hydrogen-bond donors (Lipinski definition) is 2. The smallest absolute Gasteiger partial charge is 0.329 e. The van der Waals surface area contributed by atoms with E-state index in [0.29, 0.717) is 24.2 Å². The second kappa shape index (κ2) is 30.1. The number of carbonyl (C=O) groups is 2. The fourth-order valence-corrected chi connectivity index (χ4v) is 7.17. The number of benzene rings is 8. The molecule has 10 aromatic rings. The molecule has 0 bridgehead atoms. The van der Waals surface area contributed by atoms with Crippen molar-refractivity contribution in [3.8, 4) is 56.3 Å². The first-order chi connectivity index (χ1) is 35.9. The van der Waals surface area contributed by atoms with Crippen LogP contribution in [0.4, 0.5) is 0 Å². The van der Waals surface area contributed by atoms with Crippen LogP contribution in [0.1, 0.15) is 54.1 Å². The maximum Gasteiger partial charge on any atom is 1.00 e. The van der Waals surface area contributed by atoms with Crippen LogP contribution in [0.25, 0.3) is 56.3 Å². The molecule has 75 heavy (non-hydrogen) atoms. The van der Waals surface area contributed by atoms with Gasteiger partial charge in [-0.3, -0.25) is 24.5 Å². The zero-order valence-corrected chi connectivity index (χ0v) is 44.0. The van der Waals surface area contributed by atoms with Crippen LogP contribution < -0.4 is 30.3 Å². The molecule has 2 aromatic heterocycles. The first-order valence-electron chi connectivity index (χ1n) is 24.5. The first-order valence-corrected chi connectivity index (χ1v) is 24.5. The standard InChI is InChI=1S/C24H20N2.C18H16N2.C16H14O2.C6H5.C2H8N2.Li/c1-17-8-12-20(13-9-17)23-24(21-14-10-18(2)11-15-21)26-22(16-25-23)19-6-4-3-5-7-19;1-13-3-7-15(8-4-13)17-18(20-12-11-19-17)16-9-5-14(2)6-10-16;1-11-3-7-13(8-4-11)15(17)16(18)14-9-5-12(2)6-10-14;1-2-4-6-5-3-1;3-1-2-4;/h3-16H,1-2H3;3-12H,1-2H3;3-10H,1-2H3;1-5H;1-4H2;/q;;;-1;;+1. The van der Waals surface area contributed by atoms with Crippen molar-refractivity contribution in [3.63, 3.8) is 0 Å². The Morgan fingerprint density at radius 3 is 0.987 bits per heavy atom. The molecule has 8 nitrogen and oxygen atoms in total. The van der Waals surface area contributed by atoms with Crippen LogP contribution >= 0.6 is 0 Å². The van der Waals surface area contributed by atoms with Crippen LogP contribution in [0.15, 0.2) is 225 Å². The predicted molar refractivity (Wildman–Crippen MR) is 305 cm³/mol. The Bertz CT molecular complexity index is 3130. The summed E-state index contributed by atoms with van der Waals surface area (Å²) in [6.07, 6.45) is 5.35. The summed E-state index contributed by atoms with van der Waals surface area (Å²) >= 11 is 0. The molecule has 0 aliphatic rings. The number of rotatable bonds is 9. The van der Waals surface area contributed by atoms with Crippen LogP contribution in [0.3, 0.4) is 0 Å². The maximum atomic E-state index is 12.0. The van der Waals surface area contributed by atoms with Gasteiger partial charge in [-0.1, -0.05) is 209 Å². The summed E-state index contributed by atoms with van der Waals surface area (Å²) in [6, 6.07) is 70.4. The van der Waals surface area contributed by atoms with E-state index in [1.807, 2.05) is 92.8 Å². The van der Waals surface area contributed by atoms with Gasteiger partial charge in [0.1, 0.15) is 0 Å². The fraction of sp³-hybridized carbons (Fsp3) is 0.121. The molecule has 9 heteroatoms. The van der Waals surface area contributed by atoms with Crippen molar-refractivity contribution >= 4 is 11.6 Å². The number of ketones is 2. The van der Waals surface area contributed by atoms with Gasteiger partial charge in [0, 0.05) is 64.4 Å². The van der Waals surface area contributed by atoms with E-state index in [4.69, 9.17) is 21.4 Å². The molecular formula is C66H63LiN6O2. The molecule has 0 amide bonds. The van der Waals surface area contributed by atoms with Gasteiger partial charge in [-0.2, -0.15) is 36.4 Å². The normalized spacial score (nSPS) is 9.97. The number of aromatic nitrogens is 4. The summed E-state index contributed by atoms with van der Waals surface area (Å²) in [4.78, 5) is 42.8. The summed E-state index contributed by atoms with van der Waals surface area (Å²) < 4.78 is 0. The molecule has 0 saturated heterocycles. The van der Waals surface area contributed by atoms with Crippen LogP contribution in [0.2, 0.25) is 0 Å². The monoisotopic (exact) mass is 979 g/mol. The summed E-state index contributed by atoms with van der Waals surface area (Å²) in [5.41, 5.74) is 27.8. The van der Waals surface area contributed by atoms with Gasteiger partial charge in [0.05, 0.1) is 34.7 Å². The second-order valence-electron chi connectivity index (χ2n) is 17.6. The quantitative estimate of drug-likeness (QED) is 0.0631. The molecule has 0 spiro atoms. The minimum atomic E-state index is -0.459. The van der Waals surface area contributed by atoms with Crippen molar-refractivity contribution in [3.05, 3.63) is 275 Å². The second-order valence-corrected chi connectivity index (χ2v) is 17.6. The molecule has 0 atom stereocenters. The Morgan fingerprint density at radius 1 is 0.373 bits per heavy atom. The molecule has 0 aliphatic carbocycles. The largest absolute Gasteiger partial charge is 1.00 e. The molecule has 0 saturated carbocycles. The number of carbonyl (C=O) groups excluding carboxylic acids is 2. The third kappa shape index (κ3) is 17.7. The zero-order valence-electron chi connectivity index (χ0n) is 44.0. The van der Waals surface area contributed by atoms with E-state index < -0.39 is 11.6 Å². The number of hydrogen-bond acceptors (Lipinski definition) is 8. The third-order valence-electron chi connectivity index (χ3n) is 11.4. The fourth-order valence-electron chi connectivity index (χ4n) is 7.17. The van der Waals surface area contributed by atoms with E-state index in [-0.39, 0.29) is 18.9 Å². The summed E-state index contributed by atoms with van der Waals surface area (Å²) in [6.45, 7) is 13.4.